The van der Waals surface area contributed by atoms with Gasteiger partial charge in [-0.05, 0) is 93.1 Å². The number of rotatable bonds is 7. The number of nitrogens with zero attached hydrogens (tertiary/aromatic N) is 3. The molecular weight excluding hydrogens is 432 g/mol. The van der Waals surface area contributed by atoms with Crippen molar-refractivity contribution < 1.29 is 4.79 Å². The third-order valence-corrected chi connectivity index (χ3v) is 7.90. The molecule has 1 saturated carbocycles. The molecule has 1 N–H and O–H groups in total. The molecule has 2 aliphatic rings. The summed E-state index contributed by atoms with van der Waals surface area (Å²) in [5.41, 5.74) is 6.73. The Morgan fingerprint density at radius 2 is 1.89 bits per heavy atom. The molecule has 2 aromatic heterocycles. The average molecular weight is 471 g/mol. The van der Waals surface area contributed by atoms with Gasteiger partial charge in [0.05, 0.1) is 11.4 Å². The van der Waals surface area contributed by atoms with Gasteiger partial charge < -0.3 is 14.8 Å². The summed E-state index contributed by atoms with van der Waals surface area (Å²) in [6, 6.07) is 17.1. The smallest absolute Gasteiger partial charge is 0.251 e. The van der Waals surface area contributed by atoms with Gasteiger partial charge in [-0.2, -0.15) is 0 Å². The molecule has 1 atom stereocenters. The van der Waals surface area contributed by atoms with E-state index in [9.17, 15) is 4.79 Å². The summed E-state index contributed by atoms with van der Waals surface area (Å²) in [5, 5.41) is 3.12. The zero-order chi connectivity index (χ0) is 24.2. The van der Waals surface area contributed by atoms with Crippen LogP contribution < -0.4 is 5.32 Å². The van der Waals surface area contributed by atoms with Gasteiger partial charge in [0.1, 0.15) is 0 Å². The molecule has 5 nitrogen and oxygen atoms in total. The molecule has 3 aromatic rings. The lowest BCUT2D eigenvalue weighted by Gasteiger charge is -2.31. The number of carbonyl (C=O) groups is 1. The maximum absolute atomic E-state index is 12.8. The van der Waals surface area contributed by atoms with E-state index in [1.165, 1.54) is 49.8 Å². The average Bonchev–Trinajstić information content (AvgIpc) is 3.28. The number of likely N-dealkylation sites (N-methyl/N-ethyl adjacent to an activating group) is 1. The summed E-state index contributed by atoms with van der Waals surface area (Å²) in [7, 11) is 2.19. The highest BCUT2D eigenvalue weighted by atomic mass is 16.1. The normalized spacial score (nSPS) is 18.4. The molecule has 0 radical (unpaired) electrons. The molecule has 184 valence electrons. The van der Waals surface area contributed by atoms with Crippen LogP contribution in [0.4, 0.5) is 0 Å². The van der Waals surface area contributed by atoms with Crippen molar-refractivity contribution in [3.8, 4) is 17.1 Å². The SMILES string of the molecule is CC1CCc2c(cc(-c3ccccn3)n2-c2ccc(C(=O)NCCN(C)C3CCCCC3)cc2)C1. The zero-order valence-corrected chi connectivity index (χ0v) is 21.2. The fourth-order valence-corrected chi connectivity index (χ4v) is 5.82. The van der Waals surface area contributed by atoms with Gasteiger partial charge in [-0.15, -0.1) is 0 Å². The third-order valence-electron chi connectivity index (χ3n) is 7.90. The van der Waals surface area contributed by atoms with Crippen molar-refractivity contribution in [2.24, 2.45) is 5.92 Å². The standard InChI is InChI=1S/C30H38N4O/c1-22-11-16-28-24(20-22)21-29(27-10-6-7-17-31-27)34(28)26-14-12-23(13-15-26)30(35)32-18-19-33(2)25-8-4-3-5-9-25/h6-7,10,12-15,17,21-22,25H,3-5,8-9,11,16,18-20H2,1-2H3,(H,32,35). The molecule has 1 unspecified atom stereocenters. The number of amides is 1. The van der Waals surface area contributed by atoms with Crippen LogP contribution in [0.3, 0.4) is 0 Å². The summed E-state index contributed by atoms with van der Waals surface area (Å²) in [6.07, 6.45) is 11.8. The van der Waals surface area contributed by atoms with Crippen molar-refractivity contribution in [1.82, 2.24) is 19.8 Å². The maximum Gasteiger partial charge on any atom is 0.251 e. The molecule has 1 amide bonds. The van der Waals surface area contributed by atoms with Crippen molar-refractivity contribution in [2.75, 3.05) is 20.1 Å². The number of aromatic nitrogens is 2. The molecule has 1 fully saturated rings. The first-order chi connectivity index (χ1) is 17.1. The third kappa shape index (κ3) is 5.35. The van der Waals surface area contributed by atoms with Crippen molar-refractivity contribution in [2.45, 2.75) is 64.3 Å². The van der Waals surface area contributed by atoms with E-state index in [-0.39, 0.29) is 5.91 Å². The lowest BCUT2D eigenvalue weighted by Crippen LogP contribution is -2.39. The van der Waals surface area contributed by atoms with E-state index in [0.29, 0.717) is 24.1 Å². The number of benzene rings is 1. The number of fused-ring (bicyclic) bond motifs is 1. The fourth-order valence-electron chi connectivity index (χ4n) is 5.82. The second-order valence-corrected chi connectivity index (χ2v) is 10.5. The van der Waals surface area contributed by atoms with Crippen LogP contribution in [0.1, 0.15) is 67.1 Å². The van der Waals surface area contributed by atoms with Gasteiger partial charge in [0.2, 0.25) is 0 Å². The summed E-state index contributed by atoms with van der Waals surface area (Å²) >= 11 is 0. The molecule has 0 bridgehead atoms. The van der Waals surface area contributed by atoms with Gasteiger partial charge in [-0.25, -0.2) is 0 Å². The Kier molecular flexibility index (Phi) is 7.33. The van der Waals surface area contributed by atoms with Crippen molar-refractivity contribution >= 4 is 5.91 Å². The number of nitrogens with one attached hydrogen (secondary N) is 1. The molecule has 5 rings (SSSR count). The van der Waals surface area contributed by atoms with Crippen LogP contribution in [0.5, 0.6) is 0 Å². The lowest BCUT2D eigenvalue weighted by atomic mass is 9.89. The van der Waals surface area contributed by atoms with E-state index in [2.05, 4.69) is 58.0 Å². The second-order valence-electron chi connectivity index (χ2n) is 10.5. The highest BCUT2D eigenvalue weighted by Crippen LogP contribution is 2.34. The van der Waals surface area contributed by atoms with Crippen LogP contribution in [0, 0.1) is 5.92 Å². The zero-order valence-electron chi connectivity index (χ0n) is 21.2. The van der Waals surface area contributed by atoms with E-state index >= 15 is 0 Å². The van der Waals surface area contributed by atoms with Crippen LogP contribution in [-0.2, 0) is 12.8 Å². The summed E-state index contributed by atoms with van der Waals surface area (Å²) in [5.74, 6) is 0.708. The van der Waals surface area contributed by atoms with Gasteiger partial charge in [0.15, 0.2) is 0 Å². The van der Waals surface area contributed by atoms with Gasteiger partial charge >= 0.3 is 0 Å². The molecule has 2 heterocycles. The van der Waals surface area contributed by atoms with Crippen LogP contribution in [0.25, 0.3) is 17.1 Å². The Morgan fingerprint density at radius 1 is 1.09 bits per heavy atom. The predicted molar refractivity (Wildman–Crippen MR) is 142 cm³/mol. The summed E-state index contributed by atoms with van der Waals surface area (Å²) in [6.45, 7) is 3.91. The molecule has 2 aliphatic carbocycles. The minimum atomic E-state index is 0.00176. The number of hydrogen-bond donors (Lipinski definition) is 1. The van der Waals surface area contributed by atoms with Gasteiger partial charge in [0, 0.05) is 42.3 Å². The summed E-state index contributed by atoms with van der Waals surface area (Å²) < 4.78 is 2.35. The molecule has 1 aromatic carbocycles. The topological polar surface area (TPSA) is 50.2 Å². The van der Waals surface area contributed by atoms with Crippen LogP contribution in [0.2, 0.25) is 0 Å². The Balaban J connectivity index is 1.30. The van der Waals surface area contributed by atoms with Crippen molar-refractivity contribution in [3.63, 3.8) is 0 Å². The highest BCUT2D eigenvalue weighted by molar-refractivity contribution is 5.94. The number of hydrogen-bond acceptors (Lipinski definition) is 3. The molecule has 0 aliphatic heterocycles. The quantitative estimate of drug-likeness (QED) is 0.485. The van der Waals surface area contributed by atoms with Gasteiger partial charge in [-0.1, -0.05) is 32.3 Å². The first-order valence-electron chi connectivity index (χ1n) is 13.3. The molecule has 35 heavy (non-hydrogen) atoms. The predicted octanol–water partition coefficient (Wildman–Crippen LogP) is 5.66. The van der Waals surface area contributed by atoms with Crippen LogP contribution >= 0.6 is 0 Å². The first kappa shape index (κ1) is 23.8. The van der Waals surface area contributed by atoms with Crippen molar-refractivity contribution in [3.05, 3.63) is 71.5 Å². The maximum atomic E-state index is 12.8. The van der Waals surface area contributed by atoms with Gasteiger partial charge in [-0.3, -0.25) is 9.78 Å². The Bertz CT molecular complexity index is 1130. The minimum absolute atomic E-state index is 0.00176. The largest absolute Gasteiger partial charge is 0.351 e. The van der Waals surface area contributed by atoms with E-state index in [1.54, 1.807) is 0 Å². The minimum Gasteiger partial charge on any atom is -0.351 e. The van der Waals surface area contributed by atoms with E-state index in [0.717, 1.165) is 36.5 Å². The highest BCUT2D eigenvalue weighted by Gasteiger charge is 2.24. The Hall–Kier alpha value is -2.92. The molecule has 5 heteroatoms. The van der Waals surface area contributed by atoms with Crippen LogP contribution in [-0.4, -0.2) is 46.5 Å². The Labute approximate surface area is 209 Å². The number of pyridine rings is 1. The fraction of sp³-hybridized carbons (Fsp3) is 0.467. The monoisotopic (exact) mass is 470 g/mol. The Morgan fingerprint density at radius 3 is 2.63 bits per heavy atom. The van der Waals surface area contributed by atoms with E-state index < -0.39 is 0 Å². The molecule has 0 spiro atoms. The van der Waals surface area contributed by atoms with Crippen LogP contribution in [0.15, 0.2) is 54.7 Å². The second kappa shape index (κ2) is 10.8. The van der Waals surface area contributed by atoms with E-state index in [1.807, 2.05) is 30.5 Å². The van der Waals surface area contributed by atoms with E-state index in [4.69, 9.17) is 0 Å². The molecule has 0 saturated heterocycles. The summed E-state index contributed by atoms with van der Waals surface area (Å²) in [4.78, 5) is 19.9. The first-order valence-corrected chi connectivity index (χ1v) is 13.3. The van der Waals surface area contributed by atoms with Gasteiger partial charge in [0.25, 0.3) is 5.91 Å². The molecular formula is C30H38N4O. The number of carbonyl (C=O) groups excluding carboxylic acids is 1. The van der Waals surface area contributed by atoms with Crippen molar-refractivity contribution in [1.29, 1.82) is 0 Å². The lowest BCUT2D eigenvalue weighted by molar-refractivity contribution is 0.0944.